The summed E-state index contributed by atoms with van der Waals surface area (Å²) in [6, 6.07) is 0.470. The van der Waals surface area contributed by atoms with Crippen LogP contribution < -0.4 is 9.80 Å². The number of carbonyl (C=O) groups excluding carboxylic acids is 3. The maximum Gasteiger partial charge on any atom is 0.406 e. The second-order valence-electron chi connectivity index (χ2n) is 5.97. The van der Waals surface area contributed by atoms with Gasteiger partial charge in [-0.3, -0.25) is 9.59 Å². The molecule has 1 aromatic rings. The third-order valence-electron chi connectivity index (χ3n) is 4.16. The Bertz CT molecular complexity index is 706. The molecular weight excluding hydrogens is 357 g/mol. The van der Waals surface area contributed by atoms with Crippen molar-refractivity contribution in [3.05, 3.63) is 18.5 Å². The summed E-state index contributed by atoms with van der Waals surface area (Å²) in [6.45, 7) is 0.222. The number of quaternary nitrogens is 1. The summed E-state index contributed by atoms with van der Waals surface area (Å²) in [7, 11) is 0. The van der Waals surface area contributed by atoms with Crippen LogP contribution in [0.15, 0.2) is 18.5 Å². The number of carbonyl (C=O) groups is 3. The lowest BCUT2D eigenvalue weighted by atomic mass is 10.3. The summed E-state index contributed by atoms with van der Waals surface area (Å²) in [6.07, 6.45) is -1.52. The molecule has 0 unspecified atom stereocenters. The van der Waals surface area contributed by atoms with Gasteiger partial charge in [-0.25, -0.2) is 24.6 Å². The SMILES string of the molecule is O=C1C(=O)N(CC(F)(F)F)C(=O)N1C[NH+]1CCN(c2ncccn2)CC1. The number of nitrogens with zero attached hydrogens (tertiary/aromatic N) is 5. The molecule has 1 aromatic heterocycles. The number of nitrogens with one attached hydrogen (secondary N) is 1. The minimum absolute atomic E-state index is 0.0597. The third-order valence-corrected chi connectivity index (χ3v) is 4.16. The van der Waals surface area contributed by atoms with Gasteiger partial charge in [0, 0.05) is 12.4 Å². The van der Waals surface area contributed by atoms with Crippen molar-refractivity contribution in [2.24, 2.45) is 0 Å². The predicted molar refractivity (Wildman–Crippen MR) is 79.8 cm³/mol. The molecule has 140 valence electrons. The molecule has 0 bridgehead atoms. The first kappa shape index (κ1) is 18.0. The second kappa shape index (κ2) is 6.86. The number of rotatable bonds is 4. The monoisotopic (exact) mass is 373 g/mol. The van der Waals surface area contributed by atoms with Gasteiger partial charge in [0.05, 0.1) is 26.2 Å². The zero-order chi connectivity index (χ0) is 18.9. The Balaban J connectivity index is 1.59. The van der Waals surface area contributed by atoms with Crippen molar-refractivity contribution in [3.8, 4) is 0 Å². The maximum absolute atomic E-state index is 12.5. The van der Waals surface area contributed by atoms with Crippen LogP contribution in [0.1, 0.15) is 0 Å². The highest BCUT2D eigenvalue weighted by molar-refractivity contribution is 6.44. The lowest BCUT2D eigenvalue weighted by Crippen LogP contribution is -3.16. The Labute approximate surface area is 146 Å². The molecule has 0 saturated carbocycles. The Morgan fingerprint density at radius 3 is 2.15 bits per heavy atom. The van der Waals surface area contributed by atoms with Gasteiger partial charge in [-0.15, -0.1) is 0 Å². The molecule has 0 aromatic carbocycles. The molecule has 0 radical (unpaired) electrons. The van der Waals surface area contributed by atoms with Crippen LogP contribution in [0, 0.1) is 0 Å². The fourth-order valence-electron chi connectivity index (χ4n) is 2.87. The highest BCUT2D eigenvalue weighted by Crippen LogP contribution is 2.20. The number of hydrogen-bond donors (Lipinski definition) is 1. The maximum atomic E-state index is 12.5. The van der Waals surface area contributed by atoms with E-state index in [1.54, 1.807) is 18.5 Å². The van der Waals surface area contributed by atoms with Crippen LogP contribution in [0.25, 0.3) is 0 Å². The minimum Gasteiger partial charge on any atom is -0.330 e. The van der Waals surface area contributed by atoms with Crippen LogP contribution >= 0.6 is 0 Å². The van der Waals surface area contributed by atoms with Crippen LogP contribution in [0.2, 0.25) is 0 Å². The van der Waals surface area contributed by atoms with E-state index in [1.165, 1.54) is 0 Å². The number of urea groups is 1. The summed E-state index contributed by atoms with van der Waals surface area (Å²) in [5, 5.41) is 0. The number of hydrogen-bond acceptors (Lipinski definition) is 6. The molecule has 0 spiro atoms. The normalized spacial score (nSPS) is 19.7. The molecule has 12 heteroatoms. The number of alkyl halides is 3. The molecule has 0 aliphatic carbocycles. The summed E-state index contributed by atoms with van der Waals surface area (Å²) < 4.78 is 37.4. The van der Waals surface area contributed by atoms with Crippen LogP contribution in [-0.4, -0.2) is 83.2 Å². The van der Waals surface area contributed by atoms with Crippen molar-refractivity contribution in [1.82, 2.24) is 19.8 Å². The average molecular weight is 373 g/mol. The van der Waals surface area contributed by atoms with Crippen molar-refractivity contribution in [3.63, 3.8) is 0 Å². The summed E-state index contributed by atoms with van der Waals surface area (Å²) in [4.78, 5) is 47.1. The molecule has 3 rings (SSSR count). The van der Waals surface area contributed by atoms with Gasteiger partial charge in [0.1, 0.15) is 6.54 Å². The Hall–Kier alpha value is -2.76. The number of imide groups is 2. The molecule has 0 atom stereocenters. The number of amides is 4. The molecule has 26 heavy (non-hydrogen) atoms. The highest BCUT2D eigenvalue weighted by Gasteiger charge is 2.50. The van der Waals surface area contributed by atoms with Gasteiger partial charge in [-0.2, -0.15) is 13.2 Å². The van der Waals surface area contributed by atoms with Gasteiger partial charge in [0.25, 0.3) is 0 Å². The average Bonchev–Trinajstić information content (AvgIpc) is 2.80. The first-order chi connectivity index (χ1) is 12.3. The molecule has 9 nitrogen and oxygen atoms in total. The van der Waals surface area contributed by atoms with E-state index in [4.69, 9.17) is 0 Å². The van der Waals surface area contributed by atoms with E-state index < -0.39 is 30.6 Å². The highest BCUT2D eigenvalue weighted by atomic mass is 19.4. The number of aromatic nitrogens is 2. The van der Waals surface area contributed by atoms with Gasteiger partial charge in [0.15, 0.2) is 6.67 Å². The molecule has 2 saturated heterocycles. The van der Waals surface area contributed by atoms with Crippen molar-refractivity contribution in [2.45, 2.75) is 6.18 Å². The van der Waals surface area contributed by atoms with Crippen molar-refractivity contribution < 1.29 is 32.5 Å². The second-order valence-corrected chi connectivity index (χ2v) is 5.97. The van der Waals surface area contributed by atoms with Crippen LogP contribution in [0.4, 0.5) is 23.9 Å². The summed E-state index contributed by atoms with van der Waals surface area (Å²) in [5.41, 5.74) is 0. The van der Waals surface area contributed by atoms with Crippen molar-refractivity contribution in [1.29, 1.82) is 0 Å². The largest absolute Gasteiger partial charge is 0.406 e. The van der Waals surface area contributed by atoms with Gasteiger partial charge < -0.3 is 9.80 Å². The van der Waals surface area contributed by atoms with Crippen LogP contribution in [0.5, 0.6) is 0 Å². The topological polar surface area (TPSA) is 91.2 Å². The first-order valence-corrected chi connectivity index (χ1v) is 7.86. The molecular formula is C14H16F3N6O3+. The van der Waals surface area contributed by atoms with E-state index in [9.17, 15) is 27.6 Å². The lowest BCUT2D eigenvalue weighted by Gasteiger charge is -2.33. The zero-order valence-corrected chi connectivity index (χ0v) is 13.6. The molecule has 2 aliphatic rings. The van der Waals surface area contributed by atoms with Gasteiger partial charge in [0.2, 0.25) is 5.95 Å². The molecule has 1 N–H and O–H groups in total. The Morgan fingerprint density at radius 1 is 1.00 bits per heavy atom. The van der Waals surface area contributed by atoms with E-state index in [0.717, 1.165) is 4.90 Å². The van der Waals surface area contributed by atoms with Crippen LogP contribution in [-0.2, 0) is 9.59 Å². The standard InChI is InChI=1S/C14H15F3N6O3/c15-14(16,17)8-22-10(24)11(25)23(13(22)26)9-20-4-6-21(7-5-20)12-18-2-1-3-19-12/h1-3H,4-9H2/p+1. The molecule has 2 fully saturated rings. The van der Waals surface area contributed by atoms with Gasteiger partial charge in [-0.1, -0.05) is 0 Å². The van der Waals surface area contributed by atoms with Crippen molar-refractivity contribution in [2.75, 3.05) is 44.3 Å². The third kappa shape index (κ3) is 3.74. The van der Waals surface area contributed by atoms with Crippen LogP contribution in [0.3, 0.4) is 0 Å². The zero-order valence-electron chi connectivity index (χ0n) is 13.6. The number of anilines is 1. The fourth-order valence-corrected chi connectivity index (χ4v) is 2.87. The molecule has 3 heterocycles. The van der Waals surface area contributed by atoms with E-state index >= 15 is 0 Å². The molecule has 4 amide bonds. The van der Waals surface area contributed by atoms with Gasteiger partial charge in [-0.05, 0) is 6.07 Å². The Kier molecular flexibility index (Phi) is 4.76. The fraction of sp³-hybridized carbons (Fsp3) is 0.500. The van der Waals surface area contributed by atoms with E-state index in [1.807, 2.05) is 4.90 Å². The van der Waals surface area contributed by atoms with E-state index in [2.05, 4.69) is 9.97 Å². The smallest absolute Gasteiger partial charge is 0.330 e. The van der Waals surface area contributed by atoms with Gasteiger partial charge >= 0.3 is 24.0 Å². The first-order valence-electron chi connectivity index (χ1n) is 7.86. The van der Waals surface area contributed by atoms with E-state index in [-0.39, 0.29) is 11.6 Å². The summed E-state index contributed by atoms with van der Waals surface area (Å²) in [5.74, 6) is -2.10. The predicted octanol–water partition coefficient (Wildman–Crippen LogP) is -1.51. The van der Waals surface area contributed by atoms with E-state index in [0.29, 0.717) is 37.0 Å². The number of halogens is 3. The molecule has 2 aliphatic heterocycles. The summed E-state index contributed by atoms with van der Waals surface area (Å²) >= 11 is 0. The van der Waals surface area contributed by atoms with Crippen molar-refractivity contribution >= 4 is 23.8 Å². The quantitative estimate of drug-likeness (QED) is 0.510. The Morgan fingerprint density at radius 2 is 1.58 bits per heavy atom. The minimum atomic E-state index is -4.75. The number of piperazine rings is 1. The lowest BCUT2D eigenvalue weighted by molar-refractivity contribution is -0.907.